The Hall–Kier alpha value is -4.57. The van der Waals surface area contributed by atoms with Crippen LogP contribution >= 0.6 is 11.6 Å². The van der Waals surface area contributed by atoms with Crippen LogP contribution in [0.3, 0.4) is 0 Å². The zero-order valence-corrected chi connectivity index (χ0v) is 25.5. The first-order valence-corrected chi connectivity index (χ1v) is 15.7. The zero-order valence-electron chi connectivity index (χ0n) is 24.8. The second kappa shape index (κ2) is 11.0. The molecular weight excluding hydrogens is 616 g/mol. The average molecular weight is 646 g/mol. The third-order valence-corrected chi connectivity index (χ3v) is 10.4. The van der Waals surface area contributed by atoms with E-state index in [1.54, 1.807) is 24.3 Å². The smallest absolute Gasteiger partial charge is 0.260 e. The fourth-order valence-electron chi connectivity index (χ4n) is 8.27. The van der Waals surface area contributed by atoms with Gasteiger partial charge in [-0.05, 0) is 73.2 Å². The minimum Gasteiger partial charge on any atom is -0.505 e. The number of imide groups is 2. The van der Waals surface area contributed by atoms with Crippen LogP contribution in [0.5, 0.6) is 5.75 Å². The van der Waals surface area contributed by atoms with Crippen molar-refractivity contribution in [2.45, 2.75) is 37.5 Å². The van der Waals surface area contributed by atoms with Gasteiger partial charge in [0.25, 0.3) is 11.8 Å². The van der Waals surface area contributed by atoms with Crippen LogP contribution in [0, 0.1) is 35.3 Å². The molecule has 6 atom stereocenters. The van der Waals surface area contributed by atoms with Crippen molar-refractivity contribution in [3.05, 3.63) is 106 Å². The number of amides is 4. The second-order valence-electron chi connectivity index (χ2n) is 12.4. The number of phenols is 1. The predicted octanol–water partition coefficient (Wildman–Crippen LogP) is 5.72. The number of likely N-dealkylation sites (tertiary alicyclic amines) is 1. The molecule has 4 amide bonds. The Balaban J connectivity index is 1.47. The number of carbonyl (C=O) groups is 4. The number of hydrazine groups is 1. The van der Waals surface area contributed by atoms with E-state index in [-0.39, 0.29) is 42.5 Å². The summed E-state index contributed by atoms with van der Waals surface area (Å²) in [5.41, 5.74) is 2.52. The van der Waals surface area contributed by atoms with E-state index in [4.69, 9.17) is 11.6 Å². The van der Waals surface area contributed by atoms with E-state index in [9.17, 15) is 28.7 Å². The molecular formula is C35H30ClF2N3O5. The maximum atomic E-state index is 15.1. The molecule has 2 aliphatic heterocycles. The lowest BCUT2D eigenvalue weighted by Gasteiger charge is -2.50. The highest BCUT2D eigenvalue weighted by Crippen LogP contribution is 2.65. The molecule has 2 aliphatic carbocycles. The van der Waals surface area contributed by atoms with Crippen LogP contribution in [0.25, 0.3) is 0 Å². The Labute approximate surface area is 268 Å². The van der Waals surface area contributed by atoms with Crippen molar-refractivity contribution in [1.29, 1.82) is 0 Å². The number of allylic oxidation sites excluding steroid dienone is 2. The Bertz CT molecular complexity index is 1810. The van der Waals surface area contributed by atoms with E-state index in [0.29, 0.717) is 22.6 Å². The lowest BCUT2D eigenvalue weighted by Crippen LogP contribution is -2.53. The number of para-hydroxylation sites is 1. The van der Waals surface area contributed by atoms with Crippen LogP contribution in [0.4, 0.5) is 14.5 Å². The summed E-state index contributed by atoms with van der Waals surface area (Å²) < 4.78 is 28.8. The summed E-state index contributed by atoms with van der Waals surface area (Å²) in [7, 11) is 0. The molecule has 3 fully saturated rings. The molecule has 11 heteroatoms. The number of fused-ring (bicyclic) bond motifs is 4. The lowest BCUT2D eigenvalue weighted by molar-refractivity contribution is -0.141. The molecule has 2 heterocycles. The predicted molar refractivity (Wildman–Crippen MR) is 164 cm³/mol. The molecule has 0 bridgehead atoms. The molecule has 6 unspecified atom stereocenters. The van der Waals surface area contributed by atoms with Gasteiger partial charge in [0, 0.05) is 23.0 Å². The summed E-state index contributed by atoms with van der Waals surface area (Å²) in [6.45, 7) is 2.15. The van der Waals surface area contributed by atoms with Crippen molar-refractivity contribution >= 4 is 40.9 Å². The van der Waals surface area contributed by atoms with Gasteiger partial charge in [-0.3, -0.25) is 29.5 Å². The van der Waals surface area contributed by atoms with Crippen LogP contribution in [0.15, 0.2) is 78.4 Å². The quantitative estimate of drug-likeness (QED) is 0.262. The molecule has 3 aromatic rings. The van der Waals surface area contributed by atoms with Crippen LogP contribution in [-0.2, 0) is 24.6 Å². The van der Waals surface area contributed by atoms with Crippen molar-refractivity contribution in [3.8, 4) is 5.75 Å². The maximum absolute atomic E-state index is 15.1. The van der Waals surface area contributed by atoms with E-state index in [2.05, 4.69) is 5.43 Å². The molecule has 0 spiro atoms. The molecule has 2 saturated heterocycles. The van der Waals surface area contributed by atoms with Crippen LogP contribution in [-0.4, -0.2) is 45.2 Å². The molecule has 8 nitrogen and oxygen atoms in total. The largest absolute Gasteiger partial charge is 0.505 e. The number of carbonyl (C=O) groups excluding carboxylic acids is 4. The Morgan fingerprint density at radius 2 is 1.65 bits per heavy atom. The molecule has 7 rings (SSSR count). The molecule has 46 heavy (non-hydrogen) atoms. The molecule has 3 aromatic carbocycles. The summed E-state index contributed by atoms with van der Waals surface area (Å²) in [5.74, 6) is -8.16. The highest BCUT2D eigenvalue weighted by molar-refractivity contribution is 6.30. The van der Waals surface area contributed by atoms with Crippen LogP contribution in [0.1, 0.15) is 43.2 Å². The Morgan fingerprint density at radius 3 is 2.35 bits per heavy atom. The minimum absolute atomic E-state index is 0.0490. The number of hydrogen-bond donors (Lipinski definition) is 2. The van der Waals surface area contributed by atoms with Crippen LogP contribution < -0.4 is 5.43 Å². The second-order valence-corrected chi connectivity index (χ2v) is 12.8. The third-order valence-electron chi connectivity index (χ3n) is 10.1. The number of nitrogens with zero attached hydrogens (tertiary/aromatic N) is 2. The summed E-state index contributed by atoms with van der Waals surface area (Å²) in [6.07, 6.45) is 2.69. The van der Waals surface area contributed by atoms with Crippen LogP contribution in [0.2, 0.25) is 5.02 Å². The van der Waals surface area contributed by atoms with Gasteiger partial charge in [0.2, 0.25) is 11.8 Å². The molecule has 2 N–H and O–H groups in total. The fraction of sp³-hybridized carbons (Fsp3) is 0.314. The van der Waals surface area contributed by atoms with E-state index >= 15 is 4.39 Å². The van der Waals surface area contributed by atoms with Gasteiger partial charge in [0.1, 0.15) is 5.82 Å². The summed E-state index contributed by atoms with van der Waals surface area (Å²) in [4.78, 5) is 58.0. The van der Waals surface area contributed by atoms with Gasteiger partial charge in [0.15, 0.2) is 11.6 Å². The first-order chi connectivity index (χ1) is 22.1. The third kappa shape index (κ3) is 4.22. The number of anilines is 1. The molecule has 4 aliphatic rings. The highest BCUT2D eigenvalue weighted by Gasteiger charge is 2.70. The normalized spacial score (nSPS) is 28.6. The molecule has 1 saturated carbocycles. The summed E-state index contributed by atoms with van der Waals surface area (Å²) in [5, 5.41) is 12.5. The molecule has 0 radical (unpaired) electrons. The first kappa shape index (κ1) is 30.1. The van der Waals surface area contributed by atoms with Gasteiger partial charge in [-0.1, -0.05) is 54.4 Å². The zero-order chi connectivity index (χ0) is 32.5. The van der Waals surface area contributed by atoms with Crippen molar-refractivity contribution in [2.24, 2.45) is 23.7 Å². The number of rotatable bonds is 6. The van der Waals surface area contributed by atoms with Gasteiger partial charge in [0.05, 0.1) is 28.9 Å². The number of benzene rings is 3. The van der Waals surface area contributed by atoms with Crippen molar-refractivity contribution in [2.75, 3.05) is 12.0 Å². The van der Waals surface area contributed by atoms with Gasteiger partial charge < -0.3 is 5.11 Å². The summed E-state index contributed by atoms with van der Waals surface area (Å²) >= 11 is 6.26. The topological polar surface area (TPSA) is 107 Å². The average Bonchev–Trinajstić information content (AvgIpc) is 3.41. The van der Waals surface area contributed by atoms with E-state index < -0.39 is 64.2 Å². The van der Waals surface area contributed by atoms with Crippen molar-refractivity contribution in [1.82, 2.24) is 9.91 Å². The fourth-order valence-corrected chi connectivity index (χ4v) is 8.40. The standard InChI is InChI=1S/C35H30ClF2N3O5/c1-2-16-40-31(43)23-15-14-22-25(28(23)33(40)45)17-26-32(44)41(39-21-12-10-20(37)11-13-21)34(46)35(26,18-6-8-19(36)9-7-18)29(22)24-4-3-5-27(38)30(24)42/h3-14,23,25-26,28-29,39,42H,2,15-17H2,1H3. The van der Waals surface area contributed by atoms with Gasteiger partial charge in [-0.15, -0.1) is 0 Å². The number of hydrogen-bond acceptors (Lipinski definition) is 6. The van der Waals surface area contributed by atoms with Gasteiger partial charge in [-0.25, -0.2) is 8.78 Å². The van der Waals surface area contributed by atoms with Gasteiger partial charge in [-0.2, -0.15) is 5.01 Å². The SMILES string of the molecule is CCCN1C(=O)C2CC=C3C(CC4C(=O)N(Nc5ccc(F)cc5)C(=O)C4(c4ccc(Cl)cc4)C3c3cccc(F)c3O)C2C1=O. The van der Waals surface area contributed by atoms with Crippen molar-refractivity contribution < 1.29 is 33.1 Å². The van der Waals surface area contributed by atoms with Crippen molar-refractivity contribution in [3.63, 3.8) is 0 Å². The Kier molecular flexibility index (Phi) is 7.23. The number of halogens is 3. The highest BCUT2D eigenvalue weighted by atomic mass is 35.5. The van der Waals surface area contributed by atoms with E-state index in [1.165, 1.54) is 41.3 Å². The monoisotopic (exact) mass is 645 g/mol. The van der Waals surface area contributed by atoms with E-state index in [1.807, 2.05) is 13.0 Å². The Morgan fingerprint density at radius 1 is 0.935 bits per heavy atom. The number of aromatic hydroxyl groups is 1. The van der Waals surface area contributed by atoms with E-state index in [0.717, 1.165) is 11.1 Å². The maximum Gasteiger partial charge on any atom is 0.260 e. The number of phenolic OH excluding ortho intramolecular Hbond substituents is 1. The lowest BCUT2D eigenvalue weighted by atomic mass is 9.49. The minimum atomic E-state index is -1.70. The van der Waals surface area contributed by atoms with Gasteiger partial charge >= 0.3 is 0 Å². The summed E-state index contributed by atoms with van der Waals surface area (Å²) in [6, 6.07) is 15.7. The first-order valence-electron chi connectivity index (χ1n) is 15.3. The molecule has 0 aromatic heterocycles. The molecule has 236 valence electrons. The number of nitrogens with one attached hydrogen (secondary N) is 1.